The number of aromatic nitrogens is 2. The molecule has 0 bridgehead atoms. The lowest BCUT2D eigenvalue weighted by atomic mass is 10.1. The predicted octanol–water partition coefficient (Wildman–Crippen LogP) is 7.00. The highest BCUT2D eigenvalue weighted by Gasteiger charge is 2.23. The van der Waals surface area contributed by atoms with Crippen LogP contribution in [0, 0.1) is 18.3 Å². The van der Waals surface area contributed by atoms with Crippen molar-refractivity contribution in [3.63, 3.8) is 0 Å². The second-order valence-electron chi connectivity index (χ2n) is 9.42. The normalized spacial score (nSPS) is 13.5. The highest BCUT2D eigenvalue weighted by Crippen LogP contribution is 2.29. The molecular formula is C31H44N4O2. The fraction of sp³-hybridized carbons (Fsp3) is 0.484. The Morgan fingerprint density at radius 1 is 1.19 bits per heavy atom. The standard InChI is InChI=1S/C31H44N4O2/c1-5-6-15-27(3)25-34(20-10-7-8-12-22-37-23-13-9-11-21-36)31-30(24-32)28(4)33-35(31)29-17-14-16-26(2)18-19-29/h5-6,12,16-19,22,36H,3,7-11,13-15,20-21,23,25H2,1-2,4H3/b6-5-,22-12+. The van der Waals surface area contributed by atoms with Gasteiger partial charge in [0.1, 0.15) is 11.6 Å². The molecule has 1 aliphatic carbocycles. The number of allylic oxidation sites excluding steroid dienone is 9. The number of aryl methyl sites for hydroxylation is 1. The average molecular weight is 505 g/mol. The number of rotatable bonds is 17. The number of nitrogens with zero attached hydrogens (tertiary/aromatic N) is 4. The molecule has 1 aromatic rings. The summed E-state index contributed by atoms with van der Waals surface area (Å²) in [5, 5.41) is 23.7. The Bertz CT molecular complexity index is 1050. The van der Waals surface area contributed by atoms with E-state index in [0.29, 0.717) is 18.7 Å². The fourth-order valence-corrected chi connectivity index (χ4v) is 4.12. The zero-order valence-corrected chi connectivity index (χ0v) is 23.0. The lowest BCUT2D eigenvalue weighted by molar-refractivity contribution is 0.229. The first-order chi connectivity index (χ1) is 18.0. The van der Waals surface area contributed by atoms with E-state index in [9.17, 15) is 5.26 Å². The topological polar surface area (TPSA) is 74.3 Å². The molecule has 0 radical (unpaired) electrons. The van der Waals surface area contributed by atoms with Crippen LogP contribution in [0.15, 0.2) is 66.5 Å². The maximum atomic E-state index is 10.0. The quantitative estimate of drug-likeness (QED) is 0.140. The summed E-state index contributed by atoms with van der Waals surface area (Å²) >= 11 is 0. The van der Waals surface area contributed by atoms with Crippen molar-refractivity contribution in [3.8, 4) is 6.07 Å². The Labute approximate surface area is 223 Å². The lowest BCUT2D eigenvalue weighted by Crippen LogP contribution is -2.29. The van der Waals surface area contributed by atoms with Crippen molar-refractivity contribution >= 4 is 11.5 Å². The van der Waals surface area contributed by atoms with Gasteiger partial charge in [0.2, 0.25) is 0 Å². The number of hydrogen-bond donors (Lipinski definition) is 1. The van der Waals surface area contributed by atoms with E-state index in [-0.39, 0.29) is 6.61 Å². The smallest absolute Gasteiger partial charge is 0.150 e. The van der Waals surface area contributed by atoms with Crippen molar-refractivity contribution in [2.75, 3.05) is 31.2 Å². The second-order valence-corrected chi connectivity index (χ2v) is 9.42. The van der Waals surface area contributed by atoms with Gasteiger partial charge in [0.15, 0.2) is 5.82 Å². The van der Waals surface area contributed by atoms with Gasteiger partial charge >= 0.3 is 0 Å². The maximum absolute atomic E-state index is 10.0. The van der Waals surface area contributed by atoms with E-state index in [1.807, 2.05) is 24.6 Å². The van der Waals surface area contributed by atoms with Crippen LogP contribution < -0.4 is 4.90 Å². The Hall–Kier alpha value is -3.30. The molecule has 0 aliphatic heterocycles. The van der Waals surface area contributed by atoms with Crippen LogP contribution in [0.25, 0.3) is 5.70 Å². The van der Waals surface area contributed by atoms with E-state index < -0.39 is 0 Å². The number of unbranched alkanes of at least 4 members (excludes halogenated alkanes) is 4. The molecule has 1 heterocycles. The predicted molar refractivity (Wildman–Crippen MR) is 154 cm³/mol. The minimum Gasteiger partial charge on any atom is -0.502 e. The molecule has 1 N–H and O–H groups in total. The van der Waals surface area contributed by atoms with Crippen LogP contribution in [0.4, 0.5) is 5.82 Å². The van der Waals surface area contributed by atoms with Gasteiger partial charge < -0.3 is 14.7 Å². The second kappa shape index (κ2) is 17.2. The largest absolute Gasteiger partial charge is 0.502 e. The molecule has 1 aliphatic rings. The number of hydrogen-bond acceptors (Lipinski definition) is 5. The van der Waals surface area contributed by atoms with Crippen molar-refractivity contribution in [2.24, 2.45) is 0 Å². The van der Waals surface area contributed by atoms with Gasteiger partial charge in [0.05, 0.1) is 24.3 Å². The minimum atomic E-state index is 0.247. The summed E-state index contributed by atoms with van der Waals surface area (Å²) < 4.78 is 7.48. The van der Waals surface area contributed by atoms with E-state index >= 15 is 0 Å². The van der Waals surface area contributed by atoms with Gasteiger partial charge in [-0.1, -0.05) is 48.1 Å². The summed E-state index contributed by atoms with van der Waals surface area (Å²) in [7, 11) is 0. The van der Waals surface area contributed by atoms with Gasteiger partial charge in [-0.25, -0.2) is 4.68 Å². The molecular weight excluding hydrogens is 460 g/mol. The summed E-state index contributed by atoms with van der Waals surface area (Å²) in [5.41, 5.74) is 4.66. The molecule has 37 heavy (non-hydrogen) atoms. The number of aliphatic hydroxyl groups is 1. The summed E-state index contributed by atoms with van der Waals surface area (Å²) in [6.07, 6.45) is 23.9. The summed E-state index contributed by atoms with van der Waals surface area (Å²) in [6, 6.07) is 2.41. The van der Waals surface area contributed by atoms with Crippen molar-refractivity contribution in [1.29, 1.82) is 5.26 Å². The van der Waals surface area contributed by atoms with E-state index in [4.69, 9.17) is 14.9 Å². The highest BCUT2D eigenvalue weighted by molar-refractivity contribution is 5.69. The first-order valence-corrected chi connectivity index (χ1v) is 13.5. The number of aliphatic hydroxyl groups excluding tert-OH is 1. The molecule has 1 aromatic heterocycles. The molecule has 0 aromatic carbocycles. The fourth-order valence-electron chi connectivity index (χ4n) is 4.12. The van der Waals surface area contributed by atoms with Crippen LogP contribution in [0.1, 0.15) is 76.5 Å². The Balaban J connectivity index is 2.13. The van der Waals surface area contributed by atoms with Crippen LogP contribution >= 0.6 is 0 Å². The average Bonchev–Trinajstić information content (AvgIpc) is 3.06. The zero-order valence-electron chi connectivity index (χ0n) is 23.0. The van der Waals surface area contributed by atoms with Gasteiger partial charge in [-0.05, 0) is 84.3 Å². The molecule has 0 saturated carbocycles. The molecule has 2 rings (SSSR count). The Morgan fingerprint density at radius 2 is 2.03 bits per heavy atom. The molecule has 0 unspecified atom stereocenters. The van der Waals surface area contributed by atoms with Crippen molar-refractivity contribution in [2.45, 2.75) is 72.1 Å². The Morgan fingerprint density at radius 3 is 2.78 bits per heavy atom. The molecule has 6 heteroatoms. The van der Waals surface area contributed by atoms with E-state index in [0.717, 1.165) is 80.7 Å². The van der Waals surface area contributed by atoms with Crippen LogP contribution in [0.3, 0.4) is 0 Å². The Kier molecular flexibility index (Phi) is 13.9. The van der Waals surface area contributed by atoms with Crippen LogP contribution in [-0.2, 0) is 4.74 Å². The SMILES string of the molecule is C=C(C/C=C\C)CN(CCCC/C=C/OCCCCCO)c1c(C#N)c(C)nn1C1=CCC=C(C)C=C1. The van der Waals surface area contributed by atoms with Crippen molar-refractivity contribution in [1.82, 2.24) is 9.78 Å². The van der Waals surface area contributed by atoms with Crippen LogP contribution in [-0.4, -0.2) is 41.2 Å². The summed E-state index contributed by atoms with van der Waals surface area (Å²) in [5.74, 6) is 0.846. The number of anilines is 1. The first-order valence-electron chi connectivity index (χ1n) is 13.5. The highest BCUT2D eigenvalue weighted by atomic mass is 16.5. The molecule has 0 atom stereocenters. The molecule has 0 amide bonds. The monoisotopic (exact) mass is 504 g/mol. The van der Waals surface area contributed by atoms with Crippen molar-refractivity contribution in [3.05, 3.63) is 77.8 Å². The molecule has 6 nitrogen and oxygen atoms in total. The molecule has 0 spiro atoms. The van der Waals surface area contributed by atoms with E-state index in [1.54, 1.807) is 6.26 Å². The van der Waals surface area contributed by atoms with Gasteiger partial charge in [-0.15, -0.1) is 0 Å². The number of nitriles is 1. The molecule has 200 valence electrons. The van der Waals surface area contributed by atoms with Gasteiger partial charge in [-0.3, -0.25) is 0 Å². The van der Waals surface area contributed by atoms with Crippen LogP contribution in [0.2, 0.25) is 0 Å². The van der Waals surface area contributed by atoms with Gasteiger partial charge in [0.25, 0.3) is 0 Å². The lowest BCUT2D eigenvalue weighted by Gasteiger charge is -2.27. The van der Waals surface area contributed by atoms with Crippen LogP contribution in [0.5, 0.6) is 0 Å². The minimum absolute atomic E-state index is 0.247. The van der Waals surface area contributed by atoms with Crippen molar-refractivity contribution < 1.29 is 9.84 Å². The molecule has 0 saturated heterocycles. The van der Waals surface area contributed by atoms with Gasteiger partial charge in [0, 0.05) is 19.7 Å². The summed E-state index contributed by atoms with van der Waals surface area (Å²) in [6.45, 7) is 12.7. The first kappa shape index (κ1) is 29.9. The third-order valence-corrected chi connectivity index (χ3v) is 6.19. The molecule has 0 fully saturated rings. The zero-order chi connectivity index (χ0) is 26.9. The van der Waals surface area contributed by atoms with Gasteiger partial charge in [-0.2, -0.15) is 10.4 Å². The third-order valence-electron chi connectivity index (χ3n) is 6.19. The third kappa shape index (κ3) is 10.3. The summed E-state index contributed by atoms with van der Waals surface area (Å²) in [4.78, 5) is 2.27. The van der Waals surface area contributed by atoms with E-state index in [1.165, 1.54) is 5.57 Å². The van der Waals surface area contributed by atoms with E-state index in [2.05, 4.69) is 60.9 Å². The maximum Gasteiger partial charge on any atom is 0.150 e. The number of ether oxygens (including phenoxy) is 1.